The van der Waals surface area contributed by atoms with E-state index in [1.807, 2.05) is 0 Å². The molecule has 24 heavy (non-hydrogen) atoms. The Kier molecular flexibility index (Phi) is 8.73. The number of amides is 1. The molecule has 0 aromatic heterocycles. The number of benzene rings is 1. The number of allylic oxidation sites excluding steroid dienone is 1. The van der Waals surface area contributed by atoms with Gasteiger partial charge in [0.2, 0.25) is 5.91 Å². The van der Waals surface area contributed by atoms with Gasteiger partial charge in [-0.05, 0) is 18.4 Å². The number of carbonyl (C=O) groups excluding carboxylic acids is 1. The smallest absolute Gasteiger partial charge is 0.256 e. The summed E-state index contributed by atoms with van der Waals surface area (Å²) in [6, 6.07) is 1.92. The van der Waals surface area contributed by atoms with E-state index < -0.39 is 36.1 Å². The van der Waals surface area contributed by atoms with Crippen LogP contribution in [-0.2, 0) is 37.5 Å². The molecule has 2 rings (SSSR count). The van der Waals surface area contributed by atoms with Crippen LogP contribution in [0.5, 0.6) is 5.75 Å². The summed E-state index contributed by atoms with van der Waals surface area (Å²) in [7, 11) is 0. The van der Waals surface area contributed by atoms with Crippen molar-refractivity contribution in [2.24, 2.45) is 0 Å². The second-order valence-corrected chi connectivity index (χ2v) is 5.55. The zero-order chi connectivity index (χ0) is 17.0. The molecule has 1 aliphatic rings. The van der Waals surface area contributed by atoms with Gasteiger partial charge >= 0.3 is 0 Å². The summed E-state index contributed by atoms with van der Waals surface area (Å²) in [6.45, 7) is -0.926. The van der Waals surface area contributed by atoms with Crippen LogP contribution >= 0.6 is 11.8 Å². The van der Waals surface area contributed by atoms with Crippen LogP contribution in [0.25, 0.3) is 5.70 Å². The number of thioether (sulfide) groups is 1. The maximum Gasteiger partial charge on any atom is 0.256 e. The standard InChI is InChI=1S/C15H14F4NO2S.Y/c1-23-8-22-9-5-10(16)15(11(17)6-9)12-3-2-4-14(21)20(12)7-13(18)19;/h5-6,13H,2,4,7-8H2,1H3;/q-1;. The SMILES string of the molecule is CSCOc1cc(F)c(C2=[C-]CCC(=O)N2CC(F)F)c(F)c1.[Y]. The molecule has 0 bridgehead atoms. The molecule has 0 saturated heterocycles. The van der Waals surface area contributed by atoms with Crippen molar-refractivity contribution < 1.29 is 59.8 Å². The van der Waals surface area contributed by atoms with Gasteiger partial charge in [-0.15, -0.1) is 23.9 Å². The zero-order valence-electron chi connectivity index (χ0n) is 12.8. The van der Waals surface area contributed by atoms with Crippen LogP contribution in [0.1, 0.15) is 18.4 Å². The van der Waals surface area contributed by atoms with Crippen LogP contribution in [-0.4, -0.2) is 36.0 Å². The molecule has 1 radical (unpaired) electrons. The van der Waals surface area contributed by atoms with Crippen LogP contribution in [0.15, 0.2) is 12.1 Å². The van der Waals surface area contributed by atoms with Gasteiger partial charge in [0, 0.05) is 39.1 Å². The first-order chi connectivity index (χ1) is 10.9. The minimum atomic E-state index is -2.82. The fourth-order valence-electron chi connectivity index (χ4n) is 2.18. The predicted molar refractivity (Wildman–Crippen MR) is 79.0 cm³/mol. The summed E-state index contributed by atoms with van der Waals surface area (Å²) in [5.41, 5.74) is -0.830. The van der Waals surface area contributed by atoms with Crippen LogP contribution < -0.4 is 4.74 Å². The van der Waals surface area contributed by atoms with Crippen molar-refractivity contribution in [2.75, 3.05) is 18.7 Å². The van der Waals surface area contributed by atoms with Gasteiger partial charge < -0.3 is 9.64 Å². The average Bonchev–Trinajstić information content (AvgIpc) is 2.47. The predicted octanol–water partition coefficient (Wildman–Crippen LogP) is 3.69. The zero-order valence-corrected chi connectivity index (χ0v) is 16.5. The number of hydrogen-bond donors (Lipinski definition) is 0. The molecule has 0 N–H and O–H groups in total. The van der Waals surface area contributed by atoms with E-state index in [2.05, 4.69) is 6.08 Å². The Hall–Kier alpha value is -0.596. The molecule has 1 heterocycles. The van der Waals surface area contributed by atoms with E-state index in [0.717, 1.165) is 12.1 Å². The van der Waals surface area contributed by atoms with Gasteiger partial charge in [0.15, 0.2) is 0 Å². The second-order valence-electron chi connectivity index (χ2n) is 4.73. The fourth-order valence-corrected chi connectivity index (χ4v) is 2.44. The molecule has 1 aliphatic heterocycles. The van der Waals surface area contributed by atoms with Crippen molar-refractivity contribution in [3.8, 4) is 5.75 Å². The quantitative estimate of drug-likeness (QED) is 0.386. The van der Waals surface area contributed by atoms with E-state index in [9.17, 15) is 22.4 Å². The van der Waals surface area contributed by atoms with Crippen molar-refractivity contribution in [3.05, 3.63) is 35.4 Å². The van der Waals surface area contributed by atoms with Crippen molar-refractivity contribution in [2.45, 2.75) is 19.3 Å². The molecule has 1 aromatic carbocycles. The summed E-state index contributed by atoms with van der Waals surface area (Å²) < 4.78 is 58.9. The third-order valence-electron chi connectivity index (χ3n) is 3.12. The number of ether oxygens (including phenoxy) is 1. The van der Waals surface area contributed by atoms with Gasteiger partial charge in [0.05, 0.1) is 18.2 Å². The topological polar surface area (TPSA) is 29.5 Å². The van der Waals surface area contributed by atoms with Crippen LogP contribution in [0, 0.1) is 17.7 Å². The normalized spacial score (nSPS) is 14.5. The molecule has 0 saturated carbocycles. The molecular formula is C15H14F4NO2SY-. The summed E-state index contributed by atoms with van der Waals surface area (Å²) in [4.78, 5) is 12.5. The van der Waals surface area contributed by atoms with E-state index in [0.29, 0.717) is 4.90 Å². The van der Waals surface area contributed by atoms with Crippen molar-refractivity contribution >= 4 is 23.4 Å². The Labute approximate surface area is 166 Å². The average molecular weight is 437 g/mol. The Balaban J connectivity index is 0.00000288. The maximum absolute atomic E-state index is 14.2. The Morgan fingerprint density at radius 3 is 2.50 bits per heavy atom. The molecule has 0 aliphatic carbocycles. The number of hydrogen-bond acceptors (Lipinski definition) is 3. The first kappa shape index (κ1) is 21.4. The molecule has 1 aromatic rings. The van der Waals surface area contributed by atoms with Crippen molar-refractivity contribution in [1.29, 1.82) is 0 Å². The van der Waals surface area contributed by atoms with Gasteiger partial charge in [0.1, 0.15) is 11.7 Å². The first-order valence-corrected chi connectivity index (χ1v) is 8.14. The summed E-state index contributed by atoms with van der Waals surface area (Å²) in [5.74, 6) is -2.39. The number of halogens is 4. The van der Waals surface area contributed by atoms with Crippen LogP contribution in [0.3, 0.4) is 0 Å². The van der Waals surface area contributed by atoms with Gasteiger partial charge in [-0.25, -0.2) is 23.6 Å². The molecule has 3 nitrogen and oxygen atoms in total. The Morgan fingerprint density at radius 1 is 1.33 bits per heavy atom. The van der Waals surface area contributed by atoms with Gasteiger partial charge in [-0.3, -0.25) is 4.79 Å². The molecule has 9 heteroatoms. The van der Waals surface area contributed by atoms with E-state index in [-0.39, 0.29) is 62.9 Å². The fraction of sp³-hybridized carbons (Fsp3) is 0.400. The molecule has 1 amide bonds. The van der Waals surface area contributed by atoms with E-state index in [1.165, 1.54) is 11.8 Å². The molecular weight excluding hydrogens is 423 g/mol. The minimum Gasteiger partial charge on any atom is -0.483 e. The number of carbonyl (C=O) groups is 1. The van der Waals surface area contributed by atoms with Gasteiger partial charge in [0.25, 0.3) is 6.43 Å². The number of alkyl halides is 2. The summed E-state index contributed by atoms with van der Waals surface area (Å²) in [6.07, 6.45) is 1.68. The molecule has 0 unspecified atom stereocenters. The molecule has 0 atom stereocenters. The van der Waals surface area contributed by atoms with E-state index in [1.54, 1.807) is 6.26 Å². The van der Waals surface area contributed by atoms with Crippen LogP contribution in [0.2, 0.25) is 0 Å². The van der Waals surface area contributed by atoms with Gasteiger partial charge in [-0.2, -0.15) is 0 Å². The monoisotopic (exact) mass is 437 g/mol. The van der Waals surface area contributed by atoms with E-state index in [4.69, 9.17) is 4.74 Å². The third kappa shape index (κ3) is 5.20. The Morgan fingerprint density at radius 2 is 1.96 bits per heavy atom. The summed E-state index contributed by atoms with van der Waals surface area (Å²) >= 11 is 1.33. The minimum absolute atomic E-state index is 0. The first-order valence-electron chi connectivity index (χ1n) is 6.74. The molecule has 129 valence electrons. The van der Waals surface area contributed by atoms with Crippen molar-refractivity contribution in [1.82, 2.24) is 4.90 Å². The van der Waals surface area contributed by atoms with E-state index >= 15 is 0 Å². The molecule has 0 spiro atoms. The van der Waals surface area contributed by atoms with Crippen LogP contribution in [0.4, 0.5) is 17.6 Å². The molecule has 0 fully saturated rings. The van der Waals surface area contributed by atoms with Gasteiger partial charge in [-0.1, -0.05) is 5.56 Å². The summed E-state index contributed by atoms with van der Waals surface area (Å²) in [5, 5.41) is 0. The largest absolute Gasteiger partial charge is 0.483 e. The Bertz CT molecular complexity index is 604. The second kappa shape index (κ2) is 9.77. The third-order valence-corrected chi connectivity index (χ3v) is 3.47. The number of nitrogens with zero attached hydrogens (tertiary/aromatic N) is 1. The maximum atomic E-state index is 14.2. The van der Waals surface area contributed by atoms with Crippen molar-refractivity contribution in [3.63, 3.8) is 0 Å². The number of rotatable bonds is 6.